The van der Waals surface area contributed by atoms with E-state index in [1.807, 2.05) is 21.1 Å². The van der Waals surface area contributed by atoms with Crippen molar-refractivity contribution in [2.75, 3.05) is 47.5 Å². The first-order valence-electron chi connectivity index (χ1n) is 39.6. The Morgan fingerprint density at radius 3 is 0.904 bits per heavy atom. The first-order valence-corrected chi connectivity index (χ1v) is 41.1. The highest BCUT2D eigenvalue weighted by Crippen LogP contribution is 2.38. The van der Waals surface area contributed by atoms with Gasteiger partial charge in [-0.1, -0.05) is 354 Å². The normalized spacial score (nSPS) is 13.6. The molecule has 2 unspecified atom stereocenters. The Bertz CT molecular complexity index is 1960. The Morgan fingerprint density at radius 2 is 0.606 bits per heavy atom. The Kier molecular flexibility index (Phi) is 71.3. The van der Waals surface area contributed by atoms with Crippen LogP contribution in [0.2, 0.25) is 0 Å². The van der Waals surface area contributed by atoms with Crippen molar-refractivity contribution in [1.82, 2.24) is 0 Å². The number of hydrogen-bond donors (Lipinski definition) is 0. The average Bonchev–Trinajstić information content (AvgIpc) is 1.56. The van der Waals surface area contributed by atoms with Gasteiger partial charge in [-0.2, -0.15) is 0 Å². The van der Waals surface area contributed by atoms with Crippen LogP contribution < -0.4 is 4.89 Å². The summed E-state index contributed by atoms with van der Waals surface area (Å²) in [5.74, 6) is -0.820. The van der Waals surface area contributed by atoms with Gasteiger partial charge in [0.25, 0.3) is 7.82 Å². The standard InChI is InChI=1S/C84H150NO8P/c1-6-8-10-12-14-16-18-20-22-24-26-28-30-32-34-36-38-40-41-42-43-45-47-49-51-53-55-57-59-61-63-65-67-69-71-73-75-77-84(87)93-82(81-92-94(88,89)91-79-78-85(3,4)5)80-90-83(86)76-74-72-70-68-66-64-62-60-58-56-54-52-50-48-46-44-39-37-35-33-31-29-27-25-23-21-19-17-15-13-11-9-7-2/h8,10,14,16,19-22,25-28,32,34,38,40,42-43,82H,6-7,9,11-13,15,17-18,23-24,29-31,33,35-37,39,41,44-81H2,1-5H3/b10-8-,16-14-,21-19-,22-20-,27-25-,28-26-,34-32-,40-38-,43-42-. The molecule has 0 radical (unpaired) electrons. The van der Waals surface area contributed by atoms with Crippen molar-refractivity contribution in [3.05, 3.63) is 109 Å². The molecule has 0 bridgehead atoms. The molecule has 0 spiro atoms. The van der Waals surface area contributed by atoms with Crippen LogP contribution in [-0.4, -0.2) is 70.0 Å². The van der Waals surface area contributed by atoms with E-state index < -0.39 is 26.5 Å². The predicted octanol–water partition coefficient (Wildman–Crippen LogP) is 25.8. The molecule has 0 aromatic rings. The number of esters is 2. The zero-order chi connectivity index (χ0) is 68.3. The second-order valence-electron chi connectivity index (χ2n) is 27.7. The number of likely N-dealkylation sites (N-methyl/N-ethyl adjacent to an activating group) is 1. The van der Waals surface area contributed by atoms with E-state index in [1.165, 1.54) is 238 Å². The van der Waals surface area contributed by atoms with Crippen molar-refractivity contribution in [1.29, 1.82) is 0 Å². The largest absolute Gasteiger partial charge is 0.756 e. The monoisotopic (exact) mass is 1330 g/mol. The second kappa shape index (κ2) is 73.9. The highest BCUT2D eigenvalue weighted by Gasteiger charge is 2.22. The van der Waals surface area contributed by atoms with Gasteiger partial charge in [-0.25, -0.2) is 0 Å². The summed E-state index contributed by atoms with van der Waals surface area (Å²) in [6.45, 7) is 4.16. The molecule has 0 heterocycles. The van der Waals surface area contributed by atoms with Crippen LogP contribution in [0.3, 0.4) is 0 Å². The van der Waals surface area contributed by atoms with E-state index in [9.17, 15) is 19.0 Å². The van der Waals surface area contributed by atoms with Gasteiger partial charge in [-0.15, -0.1) is 0 Å². The fourth-order valence-corrected chi connectivity index (χ4v) is 12.0. The number of phosphoric ester groups is 1. The number of hydrogen-bond acceptors (Lipinski definition) is 8. The number of carbonyl (C=O) groups is 2. The third-order valence-electron chi connectivity index (χ3n) is 17.3. The maximum absolute atomic E-state index is 12.9. The maximum atomic E-state index is 12.9. The molecule has 0 aromatic heterocycles. The molecular formula is C84H150NO8P. The van der Waals surface area contributed by atoms with Crippen LogP contribution in [-0.2, 0) is 32.7 Å². The quantitative estimate of drug-likeness (QED) is 0.0195. The number of nitrogens with zero attached hydrogens (tertiary/aromatic N) is 1. The van der Waals surface area contributed by atoms with Crippen LogP contribution in [0.25, 0.3) is 0 Å². The second-order valence-corrected chi connectivity index (χ2v) is 29.1. The lowest BCUT2D eigenvalue weighted by Gasteiger charge is -2.28. The van der Waals surface area contributed by atoms with Crippen molar-refractivity contribution >= 4 is 19.8 Å². The van der Waals surface area contributed by atoms with Gasteiger partial charge in [0.1, 0.15) is 19.8 Å². The van der Waals surface area contributed by atoms with Crippen LogP contribution in [0.1, 0.15) is 361 Å². The highest BCUT2D eigenvalue weighted by atomic mass is 31.2. The van der Waals surface area contributed by atoms with Gasteiger partial charge < -0.3 is 27.9 Å². The molecule has 2 atom stereocenters. The van der Waals surface area contributed by atoms with E-state index in [4.69, 9.17) is 18.5 Å². The van der Waals surface area contributed by atoms with Crippen LogP contribution in [0.5, 0.6) is 0 Å². The van der Waals surface area contributed by atoms with E-state index in [2.05, 4.69) is 123 Å². The van der Waals surface area contributed by atoms with Crippen molar-refractivity contribution in [2.24, 2.45) is 0 Å². The molecule has 0 aliphatic carbocycles. The summed E-state index contributed by atoms with van der Waals surface area (Å²) in [5, 5.41) is 0. The van der Waals surface area contributed by atoms with Crippen LogP contribution >= 0.6 is 7.82 Å². The zero-order valence-corrected chi connectivity index (χ0v) is 63.0. The molecule has 0 rings (SSSR count). The van der Waals surface area contributed by atoms with Gasteiger partial charge in [0.15, 0.2) is 6.10 Å². The summed E-state index contributed by atoms with van der Waals surface area (Å²) in [7, 11) is 1.17. The molecule has 0 aliphatic heterocycles. The van der Waals surface area contributed by atoms with E-state index in [0.29, 0.717) is 17.4 Å². The molecule has 544 valence electrons. The molecule has 0 N–H and O–H groups in total. The van der Waals surface area contributed by atoms with Gasteiger partial charge in [-0.05, 0) is 103 Å². The lowest BCUT2D eigenvalue weighted by atomic mass is 10.0. The highest BCUT2D eigenvalue weighted by molar-refractivity contribution is 7.45. The van der Waals surface area contributed by atoms with E-state index in [0.717, 1.165) is 89.9 Å². The summed E-state index contributed by atoms with van der Waals surface area (Å²) in [6.07, 6.45) is 105. The number of phosphoric acid groups is 1. The summed E-state index contributed by atoms with van der Waals surface area (Å²) < 4.78 is 34.4. The molecule has 0 aromatic carbocycles. The lowest BCUT2D eigenvalue weighted by molar-refractivity contribution is -0.870. The van der Waals surface area contributed by atoms with Crippen molar-refractivity contribution < 1.29 is 42.1 Å². The molecule has 0 saturated carbocycles. The molecular weight excluding hydrogens is 1180 g/mol. The number of carbonyl (C=O) groups excluding carboxylic acids is 2. The first-order chi connectivity index (χ1) is 46.0. The molecule has 0 aliphatic rings. The van der Waals surface area contributed by atoms with E-state index in [-0.39, 0.29) is 32.0 Å². The summed E-state index contributed by atoms with van der Waals surface area (Å²) in [6, 6.07) is 0. The smallest absolute Gasteiger partial charge is 0.306 e. The summed E-state index contributed by atoms with van der Waals surface area (Å²) >= 11 is 0. The third kappa shape index (κ3) is 77.7. The Balaban J connectivity index is 3.97. The molecule has 0 amide bonds. The van der Waals surface area contributed by atoms with Crippen LogP contribution in [0.15, 0.2) is 109 Å². The van der Waals surface area contributed by atoms with Gasteiger partial charge in [0.2, 0.25) is 0 Å². The first kappa shape index (κ1) is 90.7. The van der Waals surface area contributed by atoms with Gasteiger partial charge in [0.05, 0.1) is 27.7 Å². The minimum atomic E-state index is -4.65. The van der Waals surface area contributed by atoms with Crippen LogP contribution in [0.4, 0.5) is 0 Å². The van der Waals surface area contributed by atoms with Gasteiger partial charge in [0, 0.05) is 12.8 Å². The molecule has 9 nitrogen and oxygen atoms in total. The van der Waals surface area contributed by atoms with E-state index >= 15 is 0 Å². The maximum Gasteiger partial charge on any atom is 0.306 e. The van der Waals surface area contributed by atoms with Crippen LogP contribution in [0, 0.1) is 0 Å². The molecule has 0 saturated heterocycles. The van der Waals surface area contributed by atoms with Crippen molar-refractivity contribution in [3.63, 3.8) is 0 Å². The number of unbranched alkanes of at least 4 members (excludes halogenated alkanes) is 41. The molecule has 0 fully saturated rings. The number of ether oxygens (including phenoxy) is 2. The third-order valence-corrected chi connectivity index (χ3v) is 18.2. The summed E-state index contributed by atoms with van der Waals surface area (Å²) in [5.41, 5.74) is 0. The minimum absolute atomic E-state index is 0.0323. The van der Waals surface area contributed by atoms with E-state index in [1.54, 1.807) is 0 Å². The predicted molar refractivity (Wildman–Crippen MR) is 406 cm³/mol. The minimum Gasteiger partial charge on any atom is -0.756 e. The van der Waals surface area contributed by atoms with Gasteiger partial charge >= 0.3 is 11.9 Å². The van der Waals surface area contributed by atoms with Crippen molar-refractivity contribution in [3.8, 4) is 0 Å². The lowest BCUT2D eigenvalue weighted by Crippen LogP contribution is -2.37. The molecule has 94 heavy (non-hydrogen) atoms. The van der Waals surface area contributed by atoms with Gasteiger partial charge in [-0.3, -0.25) is 14.2 Å². The fraction of sp³-hybridized carbons (Fsp3) is 0.762. The van der Waals surface area contributed by atoms with Crippen molar-refractivity contribution in [2.45, 2.75) is 367 Å². The molecule has 10 heteroatoms. The number of rotatable bonds is 73. The summed E-state index contributed by atoms with van der Waals surface area (Å²) in [4.78, 5) is 38.2. The Morgan fingerprint density at radius 1 is 0.340 bits per heavy atom. The average molecular weight is 1330 g/mol. The Labute approximate surface area is 582 Å². The number of quaternary nitrogens is 1. The Hall–Kier alpha value is -3.33. The fourth-order valence-electron chi connectivity index (χ4n) is 11.3. The topological polar surface area (TPSA) is 111 Å². The zero-order valence-electron chi connectivity index (χ0n) is 62.1. The SMILES string of the molecule is CC/C=C\C/C=C\C/C=C\C/C=C\C/C=C\C/C=C\C/C=C\CCCCCCCCCCCCCCCCCC(=O)OC(COC(=O)CCCCCCCCCCCCCCCCCCCCCCC/C=C\C/C=C\CCCCCCC)COP(=O)([O-])OCC[N+](C)(C)C. The number of allylic oxidation sites excluding steroid dienone is 18.